The second kappa shape index (κ2) is 9.94. The molecule has 0 amide bonds. The van der Waals surface area contributed by atoms with Gasteiger partial charge in [0.15, 0.2) is 5.65 Å². The lowest BCUT2D eigenvalue weighted by Gasteiger charge is -2.31. The van der Waals surface area contributed by atoms with E-state index in [4.69, 9.17) is 10.8 Å². The van der Waals surface area contributed by atoms with Crippen molar-refractivity contribution in [3.63, 3.8) is 0 Å². The second-order valence-corrected chi connectivity index (χ2v) is 11.9. The van der Waals surface area contributed by atoms with Gasteiger partial charge in [0.1, 0.15) is 17.8 Å². The highest BCUT2D eigenvalue weighted by Gasteiger charge is 2.31. The van der Waals surface area contributed by atoms with Gasteiger partial charge in [0, 0.05) is 43.7 Å². The van der Waals surface area contributed by atoms with Gasteiger partial charge in [-0.3, -0.25) is 4.90 Å². The number of fused-ring (bicyclic) bond motifs is 2. The van der Waals surface area contributed by atoms with Crippen molar-refractivity contribution in [1.82, 2.24) is 29.0 Å². The molecule has 2 aromatic heterocycles. The van der Waals surface area contributed by atoms with Crippen LogP contribution in [0, 0.1) is 0 Å². The van der Waals surface area contributed by atoms with Gasteiger partial charge < -0.3 is 5.73 Å². The molecule has 1 fully saturated rings. The maximum absolute atomic E-state index is 12.4. The number of hydrogen-bond acceptors (Lipinski definition) is 7. The number of nitrogens with zero attached hydrogens (tertiary/aromatic N) is 6. The first-order valence-corrected chi connectivity index (χ1v) is 14.4. The zero-order chi connectivity index (χ0) is 26.3. The van der Waals surface area contributed by atoms with E-state index in [2.05, 4.69) is 70.0 Å². The van der Waals surface area contributed by atoms with Gasteiger partial charge in [-0.25, -0.2) is 23.1 Å². The molecule has 9 nitrogen and oxygen atoms in total. The minimum atomic E-state index is -3.51. The summed E-state index contributed by atoms with van der Waals surface area (Å²) in [7, 11) is -3.51. The summed E-state index contributed by atoms with van der Waals surface area (Å²) in [4.78, 5) is 11.2. The van der Waals surface area contributed by atoms with E-state index in [1.165, 1.54) is 27.3 Å². The highest BCUT2D eigenvalue weighted by Crippen LogP contribution is 2.34. The highest BCUT2D eigenvalue weighted by atomic mass is 32.2. The van der Waals surface area contributed by atoms with Crippen LogP contribution < -0.4 is 5.73 Å². The maximum Gasteiger partial charge on any atom is 0.235 e. The summed E-state index contributed by atoms with van der Waals surface area (Å²) in [6, 6.07) is 16.9. The zero-order valence-electron chi connectivity index (χ0n) is 21.2. The van der Waals surface area contributed by atoms with Crippen LogP contribution in [0.5, 0.6) is 0 Å². The number of benzene rings is 2. The van der Waals surface area contributed by atoms with Crippen molar-refractivity contribution in [3.8, 4) is 11.3 Å². The molecule has 196 valence electrons. The van der Waals surface area contributed by atoms with Crippen molar-refractivity contribution in [2.75, 3.05) is 25.4 Å². The fourth-order valence-corrected chi connectivity index (χ4v) is 6.60. The molecule has 1 unspecified atom stereocenters. The fourth-order valence-electron chi connectivity index (χ4n) is 5.62. The van der Waals surface area contributed by atoms with E-state index in [9.17, 15) is 8.42 Å². The van der Waals surface area contributed by atoms with Gasteiger partial charge >= 0.3 is 0 Å². The van der Waals surface area contributed by atoms with Crippen molar-refractivity contribution in [1.29, 1.82) is 0 Å². The summed E-state index contributed by atoms with van der Waals surface area (Å²) in [5.41, 5.74) is 12.7. The lowest BCUT2D eigenvalue weighted by atomic mass is 9.99. The Morgan fingerprint density at radius 3 is 2.63 bits per heavy atom. The monoisotopic (exact) mass is 529 g/mol. The Balaban J connectivity index is 1.28. The largest absolute Gasteiger partial charge is 0.383 e. The van der Waals surface area contributed by atoms with Crippen LogP contribution in [-0.4, -0.2) is 57.0 Å². The lowest BCUT2D eigenvalue weighted by Crippen LogP contribution is -2.40. The summed E-state index contributed by atoms with van der Waals surface area (Å²) in [5.74, 6) is 0.360. The van der Waals surface area contributed by atoms with E-state index in [0.29, 0.717) is 35.6 Å². The van der Waals surface area contributed by atoms with Crippen LogP contribution in [0.25, 0.3) is 22.3 Å². The molecule has 2 aromatic carbocycles. The number of nitrogens with two attached hydrogens (primary N) is 1. The molecular formula is C28H31N7O2S. The Morgan fingerprint density at radius 1 is 1.05 bits per heavy atom. The van der Waals surface area contributed by atoms with E-state index in [1.807, 2.05) is 4.68 Å². The van der Waals surface area contributed by atoms with Crippen LogP contribution in [0.1, 0.15) is 35.6 Å². The topological polar surface area (TPSA) is 110 Å². The first-order valence-electron chi connectivity index (χ1n) is 12.9. The van der Waals surface area contributed by atoms with Crippen LogP contribution in [0.15, 0.2) is 66.8 Å². The average Bonchev–Trinajstić information content (AvgIpc) is 3.34. The third-order valence-corrected chi connectivity index (χ3v) is 9.11. The predicted molar refractivity (Wildman–Crippen MR) is 148 cm³/mol. The van der Waals surface area contributed by atoms with Crippen LogP contribution in [-0.2, 0) is 29.5 Å². The molecule has 4 heterocycles. The minimum Gasteiger partial charge on any atom is -0.383 e. The van der Waals surface area contributed by atoms with Crippen molar-refractivity contribution in [2.45, 2.75) is 38.4 Å². The molecule has 2 aliphatic heterocycles. The SMILES string of the molecule is C=CS(=O)(=O)N1CCCC(n2nc(-c3ccc(CN4CCc5ccccc5C4)cc3)c3c(N)ncnc32)C1. The Bertz CT molecular complexity index is 1600. The average molecular weight is 530 g/mol. The van der Waals surface area contributed by atoms with Crippen molar-refractivity contribution in [2.24, 2.45) is 0 Å². The van der Waals surface area contributed by atoms with E-state index in [0.717, 1.165) is 49.9 Å². The van der Waals surface area contributed by atoms with Crippen LogP contribution in [0.4, 0.5) is 5.82 Å². The Morgan fingerprint density at radius 2 is 1.84 bits per heavy atom. The second-order valence-electron chi connectivity index (χ2n) is 10.0. The number of rotatable bonds is 6. The van der Waals surface area contributed by atoms with E-state index >= 15 is 0 Å². The number of anilines is 1. The molecule has 2 N–H and O–H groups in total. The van der Waals surface area contributed by atoms with Crippen LogP contribution in [0.2, 0.25) is 0 Å². The molecule has 0 spiro atoms. The minimum absolute atomic E-state index is 0.162. The van der Waals surface area contributed by atoms with E-state index in [-0.39, 0.29) is 6.04 Å². The molecule has 4 aromatic rings. The highest BCUT2D eigenvalue weighted by molar-refractivity contribution is 7.92. The molecule has 0 bridgehead atoms. The Hall–Kier alpha value is -3.60. The number of aromatic nitrogens is 4. The van der Waals surface area contributed by atoms with E-state index < -0.39 is 10.0 Å². The predicted octanol–water partition coefficient (Wildman–Crippen LogP) is 3.74. The van der Waals surface area contributed by atoms with Crippen molar-refractivity contribution in [3.05, 3.63) is 83.5 Å². The van der Waals surface area contributed by atoms with E-state index in [1.54, 1.807) is 0 Å². The summed E-state index contributed by atoms with van der Waals surface area (Å²) in [6.07, 6.45) is 4.02. The van der Waals surface area contributed by atoms with Crippen molar-refractivity contribution >= 4 is 26.9 Å². The zero-order valence-corrected chi connectivity index (χ0v) is 22.0. The van der Waals surface area contributed by atoms with Gasteiger partial charge in [-0.1, -0.05) is 55.1 Å². The quantitative estimate of drug-likeness (QED) is 0.405. The van der Waals surface area contributed by atoms with Gasteiger partial charge in [-0.15, -0.1) is 0 Å². The summed E-state index contributed by atoms with van der Waals surface area (Å²) < 4.78 is 28.2. The van der Waals surface area contributed by atoms with Crippen molar-refractivity contribution < 1.29 is 8.42 Å². The van der Waals surface area contributed by atoms with Gasteiger partial charge in [0.25, 0.3) is 0 Å². The Labute approximate surface area is 222 Å². The van der Waals surface area contributed by atoms with Gasteiger partial charge in [-0.05, 0) is 36.0 Å². The maximum atomic E-state index is 12.4. The molecule has 10 heteroatoms. The normalized spacial score (nSPS) is 18.9. The molecule has 0 radical (unpaired) electrons. The molecule has 38 heavy (non-hydrogen) atoms. The summed E-state index contributed by atoms with van der Waals surface area (Å²) in [6.45, 7) is 7.14. The van der Waals surface area contributed by atoms with Crippen LogP contribution >= 0.6 is 0 Å². The standard InChI is InChI=1S/C28H31N7O2S/c1-2-38(36,37)34-14-5-8-24(18-34)35-28-25(27(29)30-19-31-28)26(32-35)22-11-9-20(10-12-22)16-33-15-13-21-6-3-4-7-23(21)17-33/h2-4,6-7,9-12,19,24H,1,5,8,13-18H2,(H2,29,30,31). The molecule has 2 aliphatic rings. The molecule has 0 aliphatic carbocycles. The molecular weight excluding hydrogens is 498 g/mol. The Kier molecular flexibility index (Phi) is 6.46. The first-order chi connectivity index (χ1) is 18.4. The molecule has 1 atom stereocenters. The summed E-state index contributed by atoms with van der Waals surface area (Å²) >= 11 is 0. The first kappa shape index (κ1) is 24.7. The summed E-state index contributed by atoms with van der Waals surface area (Å²) in [5, 5.41) is 6.63. The number of sulfonamides is 1. The molecule has 1 saturated heterocycles. The van der Waals surface area contributed by atoms with Crippen LogP contribution in [0.3, 0.4) is 0 Å². The third kappa shape index (κ3) is 4.59. The third-order valence-electron chi connectivity index (χ3n) is 7.64. The molecule has 0 saturated carbocycles. The fraction of sp³-hybridized carbons (Fsp3) is 0.321. The number of piperidine rings is 1. The lowest BCUT2D eigenvalue weighted by molar-refractivity contribution is 0.245. The van der Waals surface area contributed by atoms with Gasteiger partial charge in [-0.2, -0.15) is 9.40 Å². The molecule has 6 rings (SSSR count). The smallest absolute Gasteiger partial charge is 0.235 e. The van der Waals surface area contributed by atoms with Gasteiger partial charge in [0.05, 0.1) is 11.4 Å². The number of nitrogen functional groups attached to an aromatic ring is 1. The number of hydrogen-bond donors (Lipinski definition) is 1. The van der Waals surface area contributed by atoms with Gasteiger partial charge in [0.2, 0.25) is 10.0 Å².